The van der Waals surface area contributed by atoms with Gasteiger partial charge in [-0.1, -0.05) is 19.3 Å². The third kappa shape index (κ3) is 4.89. The van der Waals surface area contributed by atoms with Gasteiger partial charge in [0.25, 0.3) is 0 Å². The second kappa shape index (κ2) is 5.05. The highest BCUT2D eigenvalue weighted by Crippen LogP contribution is 2.24. The molecule has 84 valence electrons. The SMILES string of the molecule is CN(CC1CCCCC1)C[B-](F)(F)F. The molecule has 0 aromatic rings. The van der Waals surface area contributed by atoms with Crippen molar-refractivity contribution in [3.05, 3.63) is 0 Å². The van der Waals surface area contributed by atoms with E-state index >= 15 is 0 Å². The molecule has 1 aliphatic rings. The summed E-state index contributed by atoms with van der Waals surface area (Å²) in [6.07, 6.45) is 5.13. The van der Waals surface area contributed by atoms with Gasteiger partial charge < -0.3 is 17.8 Å². The number of halogens is 3. The lowest BCUT2D eigenvalue weighted by Gasteiger charge is -2.29. The molecule has 0 spiro atoms. The maximum atomic E-state index is 12.1. The summed E-state index contributed by atoms with van der Waals surface area (Å²) in [6, 6.07) is 0. The first-order valence-electron chi connectivity index (χ1n) is 5.37. The highest BCUT2D eigenvalue weighted by molar-refractivity contribution is 6.58. The molecule has 0 radical (unpaired) electrons. The molecule has 0 atom stereocenters. The predicted octanol–water partition coefficient (Wildman–Crippen LogP) is 2.89. The van der Waals surface area contributed by atoms with Crippen LogP contribution in [0.25, 0.3) is 0 Å². The van der Waals surface area contributed by atoms with Crippen molar-refractivity contribution < 1.29 is 12.9 Å². The van der Waals surface area contributed by atoms with Gasteiger partial charge in [0.15, 0.2) is 0 Å². The third-order valence-electron chi connectivity index (χ3n) is 2.81. The van der Waals surface area contributed by atoms with E-state index in [1.807, 2.05) is 0 Å². The van der Waals surface area contributed by atoms with Crippen LogP contribution >= 0.6 is 0 Å². The highest BCUT2D eigenvalue weighted by Gasteiger charge is 2.26. The first kappa shape index (κ1) is 11.9. The summed E-state index contributed by atoms with van der Waals surface area (Å²) < 4.78 is 36.2. The summed E-state index contributed by atoms with van der Waals surface area (Å²) in [7, 11) is 1.57. The largest absolute Gasteiger partial charge is 0.492 e. The van der Waals surface area contributed by atoms with E-state index in [2.05, 4.69) is 0 Å². The Labute approximate surface area is 83.7 Å². The number of hydrogen-bond acceptors (Lipinski definition) is 1. The fourth-order valence-electron chi connectivity index (χ4n) is 2.24. The van der Waals surface area contributed by atoms with Crippen LogP contribution in [-0.4, -0.2) is 31.9 Å². The van der Waals surface area contributed by atoms with Crippen molar-refractivity contribution in [2.45, 2.75) is 32.1 Å². The van der Waals surface area contributed by atoms with E-state index in [0.717, 1.165) is 12.8 Å². The minimum Gasteiger partial charge on any atom is -0.448 e. The number of rotatable bonds is 4. The van der Waals surface area contributed by atoms with Gasteiger partial charge in [0, 0.05) is 0 Å². The van der Waals surface area contributed by atoms with Crippen molar-refractivity contribution in [1.82, 2.24) is 4.90 Å². The molecule has 0 bridgehead atoms. The normalized spacial score (nSPS) is 20.4. The van der Waals surface area contributed by atoms with E-state index in [1.165, 1.54) is 24.2 Å². The van der Waals surface area contributed by atoms with Gasteiger partial charge in [-0.3, -0.25) is 0 Å². The van der Waals surface area contributed by atoms with Crippen molar-refractivity contribution in [2.75, 3.05) is 20.0 Å². The molecule has 0 N–H and O–H groups in total. The lowest BCUT2D eigenvalue weighted by Crippen LogP contribution is -2.38. The molecule has 14 heavy (non-hydrogen) atoms. The molecule has 0 aromatic carbocycles. The lowest BCUT2D eigenvalue weighted by atomic mass is 9.87. The fraction of sp³-hybridized carbons (Fsp3) is 1.00. The number of hydrogen-bond donors (Lipinski definition) is 0. The molecule has 0 amide bonds. The molecule has 1 nitrogen and oxygen atoms in total. The van der Waals surface area contributed by atoms with E-state index in [1.54, 1.807) is 7.05 Å². The zero-order chi connectivity index (χ0) is 10.6. The van der Waals surface area contributed by atoms with Gasteiger partial charge in [-0.25, -0.2) is 0 Å². The molecule has 1 saturated carbocycles. The van der Waals surface area contributed by atoms with Gasteiger partial charge in [-0.15, -0.1) is 0 Å². The molecular weight excluding hydrogens is 190 g/mol. The summed E-state index contributed by atoms with van der Waals surface area (Å²) in [4.78, 5) is 1.43. The Morgan fingerprint density at radius 1 is 1.14 bits per heavy atom. The van der Waals surface area contributed by atoms with Gasteiger partial charge in [0.1, 0.15) is 0 Å². The first-order valence-corrected chi connectivity index (χ1v) is 5.37. The Morgan fingerprint density at radius 2 is 1.71 bits per heavy atom. The Kier molecular flexibility index (Phi) is 4.29. The van der Waals surface area contributed by atoms with Crippen LogP contribution in [0.4, 0.5) is 12.9 Å². The third-order valence-corrected chi connectivity index (χ3v) is 2.81. The second-order valence-corrected chi connectivity index (χ2v) is 4.44. The maximum absolute atomic E-state index is 12.1. The van der Waals surface area contributed by atoms with E-state index in [9.17, 15) is 12.9 Å². The molecule has 0 unspecified atom stereocenters. The van der Waals surface area contributed by atoms with Crippen molar-refractivity contribution in [3.8, 4) is 0 Å². The van der Waals surface area contributed by atoms with Gasteiger partial charge in [0.2, 0.25) is 0 Å². The summed E-state index contributed by atoms with van der Waals surface area (Å²) in [6.45, 7) is -4.04. The molecule has 1 rings (SSSR count). The summed E-state index contributed by atoms with van der Waals surface area (Å²) in [5.41, 5.74) is 0. The van der Waals surface area contributed by atoms with Gasteiger partial charge >= 0.3 is 6.98 Å². The topological polar surface area (TPSA) is 3.24 Å². The molecule has 0 heterocycles. The smallest absolute Gasteiger partial charge is 0.448 e. The van der Waals surface area contributed by atoms with Gasteiger partial charge in [-0.2, -0.15) is 0 Å². The minimum absolute atomic E-state index is 0.492. The molecule has 0 aromatic heterocycles. The van der Waals surface area contributed by atoms with Crippen LogP contribution in [0.5, 0.6) is 0 Å². The lowest BCUT2D eigenvalue weighted by molar-refractivity contribution is 0.239. The standard InChI is InChI=1S/C9H18BF3N/c1-14(8-10(11,12)13)7-9-5-3-2-4-6-9/h9H,2-8H2,1H3/q-1. The zero-order valence-electron chi connectivity index (χ0n) is 8.69. The predicted molar refractivity (Wildman–Crippen MR) is 53.2 cm³/mol. The van der Waals surface area contributed by atoms with Crippen LogP contribution in [0.1, 0.15) is 32.1 Å². The quantitative estimate of drug-likeness (QED) is 0.642. The molecule has 1 aliphatic carbocycles. The molecule has 5 heteroatoms. The average molecular weight is 208 g/mol. The van der Waals surface area contributed by atoms with Crippen molar-refractivity contribution in [3.63, 3.8) is 0 Å². The van der Waals surface area contributed by atoms with Crippen LogP contribution in [0.3, 0.4) is 0 Å². The van der Waals surface area contributed by atoms with Crippen LogP contribution < -0.4 is 0 Å². The first-order chi connectivity index (χ1) is 6.47. The van der Waals surface area contributed by atoms with Crippen LogP contribution in [0.2, 0.25) is 0 Å². The molecule has 0 saturated heterocycles. The average Bonchev–Trinajstić information content (AvgIpc) is 2.02. The Morgan fingerprint density at radius 3 is 2.21 bits per heavy atom. The number of nitrogens with zero attached hydrogens (tertiary/aromatic N) is 1. The fourth-order valence-corrected chi connectivity index (χ4v) is 2.24. The van der Waals surface area contributed by atoms with Crippen molar-refractivity contribution in [1.29, 1.82) is 0 Å². The monoisotopic (exact) mass is 208 g/mol. The van der Waals surface area contributed by atoms with Crippen molar-refractivity contribution >= 4 is 6.98 Å². The Balaban J connectivity index is 2.21. The van der Waals surface area contributed by atoms with Gasteiger partial charge in [0.05, 0.1) is 0 Å². The van der Waals surface area contributed by atoms with E-state index in [0.29, 0.717) is 12.5 Å². The van der Waals surface area contributed by atoms with Crippen molar-refractivity contribution in [2.24, 2.45) is 5.92 Å². The Bertz CT molecular complexity index is 166. The summed E-state index contributed by atoms with van der Waals surface area (Å²) in [5.74, 6) is 0.492. The second-order valence-electron chi connectivity index (χ2n) is 4.44. The molecule has 1 fully saturated rings. The molecule has 0 aliphatic heterocycles. The molecular formula is C9H18BF3N-. The Hall–Kier alpha value is -0.185. The van der Waals surface area contributed by atoms with E-state index in [-0.39, 0.29) is 0 Å². The van der Waals surface area contributed by atoms with E-state index in [4.69, 9.17) is 0 Å². The highest BCUT2D eigenvalue weighted by atomic mass is 19.4. The van der Waals surface area contributed by atoms with Gasteiger partial charge in [-0.05, 0) is 38.8 Å². The van der Waals surface area contributed by atoms with Crippen LogP contribution in [-0.2, 0) is 0 Å². The zero-order valence-corrected chi connectivity index (χ0v) is 8.69. The maximum Gasteiger partial charge on any atom is 0.492 e. The van der Waals surface area contributed by atoms with E-state index < -0.39 is 13.4 Å². The minimum atomic E-state index is -4.65. The van der Waals surface area contributed by atoms with Crippen LogP contribution in [0.15, 0.2) is 0 Å². The van der Waals surface area contributed by atoms with Crippen LogP contribution in [0, 0.1) is 5.92 Å². The summed E-state index contributed by atoms with van der Waals surface area (Å²) >= 11 is 0. The summed E-state index contributed by atoms with van der Waals surface area (Å²) in [5, 5.41) is 0.